The van der Waals surface area contributed by atoms with Crippen LogP contribution in [0, 0.1) is 0 Å². The van der Waals surface area contributed by atoms with Crippen molar-refractivity contribution >= 4 is 11.9 Å². The zero-order chi connectivity index (χ0) is 10.0. The third-order valence-corrected chi connectivity index (χ3v) is 1.77. The highest BCUT2D eigenvalue weighted by Crippen LogP contribution is 2.12. The van der Waals surface area contributed by atoms with E-state index in [1.54, 1.807) is 10.6 Å². The van der Waals surface area contributed by atoms with Crippen LogP contribution in [-0.4, -0.2) is 9.55 Å². The van der Waals surface area contributed by atoms with Gasteiger partial charge in [0.25, 0.3) is 0 Å². The Morgan fingerprint density at radius 2 is 2.15 bits per heavy atom. The molecular weight excluding hydrogens is 168 g/mol. The number of aromatic nitrogens is 2. The molecule has 0 aliphatic rings. The molecule has 0 saturated carbocycles. The molecule has 0 fully saturated rings. The SMILES string of the molecule is CC(C)n1c(/C=C\N)c(N)[nH]c1=O. The Balaban J connectivity index is 3.38. The van der Waals surface area contributed by atoms with Gasteiger partial charge in [-0.1, -0.05) is 0 Å². The van der Waals surface area contributed by atoms with Gasteiger partial charge in [0, 0.05) is 6.04 Å². The van der Waals surface area contributed by atoms with E-state index in [9.17, 15) is 4.79 Å². The maximum atomic E-state index is 11.3. The summed E-state index contributed by atoms with van der Waals surface area (Å²) in [6.07, 6.45) is 2.96. The van der Waals surface area contributed by atoms with Gasteiger partial charge in [-0.05, 0) is 26.1 Å². The Bertz CT molecular complexity index is 372. The number of aromatic amines is 1. The van der Waals surface area contributed by atoms with Crippen molar-refractivity contribution in [1.29, 1.82) is 0 Å². The number of nitrogens with one attached hydrogen (secondary N) is 1. The van der Waals surface area contributed by atoms with Crippen molar-refractivity contribution < 1.29 is 0 Å². The molecular formula is C8H14N4O. The zero-order valence-electron chi connectivity index (χ0n) is 7.74. The van der Waals surface area contributed by atoms with Gasteiger partial charge < -0.3 is 11.5 Å². The first-order valence-corrected chi connectivity index (χ1v) is 4.06. The summed E-state index contributed by atoms with van der Waals surface area (Å²) in [6, 6.07) is 0.0623. The van der Waals surface area contributed by atoms with Crippen LogP contribution in [-0.2, 0) is 0 Å². The summed E-state index contributed by atoms with van der Waals surface area (Å²) in [4.78, 5) is 13.9. The molecule has 0 aliphatic heterocycles. The third kappa shape index (κ3) is 1.58. The molecule has 0 amide bonds. The van der Waals surface area contributed by atoms with Gasteiger partial charge in [-0.25, -0.2) is 4.79 Å². The van der Waals surface area contributed by atoms with Crippen LogP contribution < -0.4 is 17.2 Å². The number of anilines is 1. The average molecular weight is 182 g/mol. The smallest absolute Gasteiger partial charge is 0.327 e. The van der Waals surface area contributed by atoms with Crippen LogP contribution in [0.1, 0.15) is 25.6 Å². The minimum absolute atomic E-state index is 0.0623. The molecule has 0 atom stereocenters. The number of hydrogen-bond donors (Lipinski definition) is 3. The van der Waals surface area contributed by atoms with Crippen molar-refractivity contribution in [2.75, 3.05) is 5.73 Å². The van der Waals surface area contributed by atoms with E-state index >= 15 is 0 Å². The fraction of sp³-hybridized carbons (Fsp3) is 0.375. The first-order chi connectivity index (χ1) is 6.07. The van der Waals surface area contributed by atoms with Gasteiger partial charge >= 0.3 is 5.69 Å². The summed E-state index contributed by atoms with van der Waals surface area (Å²) in [6.45, 7) is 3.81. The van der Waals surface area contributed by atoms with Gasteiger partial charge in [0.2, 0.25) is 0 Å². The van der Waals surface area contributed by atoms with Crippen molar-refractivity contribution in [3.05, 3.63) is 22.4 Å². The number of rotatable bonds is 2. The summed E-state index contributed by atoms with van der Waals surface area (Å²) in [5, 5.41) is 0. The van der Waals surface area contributed by atoms with Crippen molar-refractivity contribution in [3.8, 4) is 0 Å². The topological polar surface area (TPSA) is 89.8 Å². The van der Waals surface area contributed by atoms with Crippen LogP contribution in [0.15, 0.2) is 11.0 Å². The lowest BCUT2D eigenvalue weighted by Crippen LogP contribution is -2.19. The van der Waals surface area contributed by atoms with Crippen LogP contribution in [0.25, 0.3) is 6.08 Å². The largest absolute Gasteiger partial charge is 0.405 e. The Labute approximate surface area is 76.0 Å². The maximum Gasteiger partial charge on any atom is 0.327 e. The molecule has 72 valence electrons. The monoisotopic (exact) mass is 182 g/mol. The molecule has 0 spiro atoms. The molecule has 5 N–H and O–H groups in total. The van der Waals surface area contributed by atoms with Gasteiger partial charge in [-0.15, -0.1) is 0 Å². The minimum atomic E-state index is -0.208. The fourth-order valence-corrected chi connectivity index (χ4v) is 1.25. The standard InChI is InChI=1S/C8H14N4O/c1-5(2)12-6(3-4-9)7(10)11-8(12)13/h3-5H,9-10H2,1-2H3,(H,11,13)/b4-3-. The summed E-state index contributed by atoms with van der Waals surface area (Å²) >= 11 is 0. The lowest BCUT2D eigenvalue weighted by Gasteiger charge is -2.07. The van der Waals surface area contributed by atoms with Gasteiger partial charge in [0.1, 0.15) is 5.82 Å². The van der Waals surface area contributed by atoms with Gasteiger partial charge in [-0.3, -0.25) is 9.55 Å². The number of nitrogens with two attached hydrogens (primary N) is 2. The molecule has 0 radical (unpaired) electrons. The van der Waals surface area contributed by atoms with E-state index in [0.29, 0.717) is 11.5 Å². The van der Waals surface area contributed by atoms with E-state index in [-0.39, 0.29) is 11.7 Å². The predicted octanol–water partition coefficient (Wildman–Crippen LogP) is 0.269. The van der Waals surface area contributed by atoms with Crippen LogP contribution in [0.3, 0.4) is 0 Å². The Hall–Kier alpha value is -1.65. The van der Waals surface area contributed by atoms with E-state index < -0.39 is 0 Å². The number of hydrogen-bond acceptors (Lipinski definition) is 3. The lowest BCUT2D eigenvalue weighted by atomic mass is 10.3. The molecule has 0 aliphatic carbocycles. The molecule has 1 aromatic rings. The Morgan fingerprint density at radius 3 is 2.62 bits per heavy atom. The zero-order valence-corrected chi connectivity index (χ0v) is 7.74. The first-order valence-electron chi connectivity index (χ1n) is 4.06. The van der Waals surface area contributed by atoms with Crippen LogP contribution in [0.4, 0.5) is 5.82 Å². The molecule has 1 heterocycles. The number of imidazole rings is 1. The van der Waals surface area contributed by atoms with Crippen LogP contribution >= 0.6 is 0 Å². The highest BCUT2D eigenvalue weighted by atomic mass is 16.1. The lowest BCUT2D eigenvalue weighted by molar-refractivity contribution is 0.576. The third-order valence-electron chi connectivity index (χ3n) is 1.77. The van der Waals surface area contributed by atoms with E-state index in [0.717, 1.165) is 0 Å². The summed E-state index contributed by atoms with van der Waals surface area (Å²) in [5.74, 6) is 0.348. The second kappa shape index (κ2) is 3.38. The summed E-state index contributed by atoms with van der Waals surface area (Å²) in [5.41, 5.74) is 11.2. The molecule has 13 heavy (non-hydrogen) atoms. The highest BCUT2D eigenvalue weighted by molar-refractivity contribution is 5.57. The molecule has 1 aromatic heterocycles. The second-order valence-corrected chi connectivity index (χ2v) is 3.05. The fourth-order valence-electron chi connectivity index (χ4n) is 1.25. The first kappa shape index (κ1) is 9.44. The molecule has 5 heteroatoms. The van der Waals surface area contributed by atoms with Gasteiger partial charge in [0.05, 0.1) is 5.69 Å². The normalized spacial score (nSPS) is 11.6. The highest BCUT2D eigenvalue weighted by Gasteiger charge is 2.10. The van der Waals surface area contributed by atoms with Crippen LogP contribution in [0.5, 0.6) is 0 Å². The van der Waals surface area contributed by atoms with E-state index in [1.165, 1.54) is 6.20 Å². The van der Waals surface area contributed by atoms with E-state index in [1.807, 2.05) is 13.8 Å². The van der Waals surface area contributed by atoms with Crippen LogP contribution in [0.2, 0.25) is 0 Å². The Kier molecular flexibility index (Phi) is 2.46. The number of nitrogen functional groups attached to an aromatic ring is 1. The van der Waals surface area contributed by atoms with Crippen molar-refractivity contribution in [1.82, 2.24) is 9.55 Å². The maximum absolute atomic E-state index is 11.3. The second-order valence-electron chi connectivity index (χ2n) is 3.05. The summed E-state index contributed by atoms with van der Waals surface area (Å²) < 4.78 is 1.55. The number of nitrogens with zero attached hydrogens (tertiary/aromatic N) is 1. The van der Waals surface area contributed by atoms with Gasteiger partial charge in [0.15, 0.2) is 0 Å². The van der Waals surface area contributed by atoms with Crippen molar-refractivity contribution in [2.24, 2.45) is 5.73 Å². The quantitative estimate of drug-likeness (QED) is 0.613. The summed E-state index contributed by atoms with van der Waals surface area (Å²) in [7, 11) is 0. The molecule has 1 rings (SSSR count). The predicted molar refractivity (Wildman–Crippen MR) is 53.1 cm³/mol. The molecule has 0 bridgehead atoms. The Morgan fingerprint density at radius 1 is 1.54 bits per heavy atom. The molecule has 0 aromatic carbocycles. The van der Waals surface area contributed by atoms with E-state index in [4.69, 9.17) is 11.5 Å². The molecule has 0 unspecified atom stereocenters. The van der Waals surface area contributed by atoms with Crippen molar-refractivity contribution in [3.63, 3.8) is 0 Å². The minimum Gasteiger partial charge on any atom is -0.405 e. The molecule has 5 nitrogen and oxygen atoms in total. The average Bonchev–Trinajstić information content (AvgIpc) is 2.27. The number of H-pyrrole nitrogens is 1. The van der Waals surface area contributed by atoms with Crippen molar-refractivity contribution in [2.45, 2.75) is 19.9 Å². The van der Waals surface area contributed by atoms with E-state index in [2.05, 4.69) is 4.98 Å². The van der Waals surface area contributed by atoms with Gasteiger partial charge in [-0.2, -0.15) is 0 Å². The molecule has 0 saturated heterocycles.